The van der Waals surface area contributed by atoms with Gasteiger partial charge >= 0.3 is 101 Å². The summed E-state index contributed by atoms with van der Waals surface area (Å²) in [6, 6.07) is 0. The van der Waals surface area contributed by atoms with Crippen LogP contribution in [0, 0.1) is 0 Å². The lowest BCUT2D eigenvalue weighted by molar-refractivity contribution is -0.185. The first-order valence-electron chi connectivity index (χ1n) is 47.3. The van der Waals surface area contributed by atoms with Crippen molar-refractivity contribution >= 4 is 154 Å². The molecule has 0 spiro atoms. The zero-order valence-corrected chi connectivity index (χ0v) is 89.9. The second kappa shape index (κ2) is 67.7. The monoisotopic (exact) mass is 2160 g/mol. The molecule has 0 aromatic carbocycles. The summed E-state index contributed by atoms with van der Waals surface area (Å²) in [6.45, 7) is 47.0. The fraction of sp³-hybridized carbons (Fsp3) is 0.725. The zero-order chi connectivity index (χ0) is 111. The molecule has 0 amide bonds. The number of morpholine rings is 3. The maximum Gasteiger partial charge on any atom is 0.347 e. The molecule has 0 aliphatic carbocycles. The van der Waals surface area contributed by atoms with E-state index < -0.39 is 193 Å². The minimum Gasteiger partial charge on any atom is -0.479 e. The van der Waals surface area contributed by atoms with Crippen molar-refractivity contribution < 1.29 is 197 Å². The van der Waals surface area contributed by atoms with E-state index in [1.165, 1.54) is 76.2 Å². The molecule has 3 saturated heterocycles. The van der Waals surface area contributed by atoms with Crippen molar-refractivity contribution in [2.24, 2.45) is 0 Å². The van der Waals surface area contributed by atoms with E-state index in [1.54, 1.807) is 20.8 Å². The average molecular weight is 2160 g/mol. The molecule has 53 nitrogen and oxygen atoms in total. The Hall–Kier alpha value is -12.1. The summed E-state index contributed by atoms with van der Waals surface area (Å²) >= 11 is 3.13. The number of ether oxygens (including phenoxy) is 20. The van der Waals surface area contributed by atoms with Crippen LogP contribution in [-0.4, -0.2) is 375 Å². The van der Waals surface area contributed by atoms with E-state index in [4.69, 9.17) is 105 Å². The Balaban J connectivity index is 0.000000672. The Kier molecular flexibility index (Phi) is 60.4. The van der Waals surface area contributed by atoms with Crippen molar-refractivity contribution in [3.63, 3.8) is 0 Å². The highest BCUT2D eigenvalue weighted by Crippen LogP contribution is 2.30. The van der Waals surface area contributed by atoms with E-state index in [0.717, 1.165) is 61.0 Å². The predicted octanol–water partition coefficient (Wildman–Crippen LogP) is 3.97. The van der Waals surface area contributed by atoms with Gasteiger partial charge in [-0.3, -0.25) is 14.4 Å². The van der Waals surface area contributed by atoms with Gasteiger partial charge in [-0.2, -0.15) is 13.1 Å². The molecular formula is C91H144N12O41S3. The van der Waals surface area contributed by atoms with Gasteiger partial charge in [0.1, 0.15) is 38.1 Å². The largest absolute Gasteiger partial charge is 0.479 e. The number of esters is 14. The fourth-order valence-electron chi connectivity index (χ4n) is 10.9. The normalized spacial score (nSPS) is 16.1. The molecule has 0 unspecified atom stereocenters. The number of aromatic nitrogens is 6. The Bertz CT molecular complexity index is 4460. The zero-order valence-electron chi connectivity index (χ0n) is 87.4. The lowest BCUT2D eigenvalue weighted by atomic mass is 10.1. The molecule has 6 heterocycles. The molecular weight excluding hydrogens is 2010 g/mol. The van der Waals surface area contributed by atoms with Crippen LogP contribution in [0.5, 0.6) is 17.6 Å². The Morgan fingerprint density at radius 1 is 0.313 bits per heavy atom. The number of rotatable bonds is 52. The second-order valence-electron chi connectivity index (χ2n) is 35.8. The molecule has 15 atom stereocenters. The molecule has 7 N–H and O–H groups in total. The van der Waals surface area contributed by atoms with Crippen molar-refractivity contribution in [1.82, 2.24) is 42.2 Å². The summed E-state index contributed by atoms with van der Waals surface area (Å²) in [4.78, 5) is 206. The van der Waals surface area contributed by atoms with Crippen molar-refractivity contribution in [2.75, 3.05) is 133 Å². The minimum atomic E-state index is -1.44. The molecule has 3 aliphatic rings. The van der Waals surface area contributed by atoms with Crippen LogP contribution < -0.4 is 44.9 Å². The topological polar surface area (TPSA) is 679 Å². The van der Waals surface area contributed by atoms with Crippen LogP contribution in [-0.2, 0) is 162 Å². The average Bonchev–Trinajstić information content (AvgIpc) is 1.72. The summed E-state index contributed by atoms with van der Waals surface area (Å²) < 4.78 is 130. The number of carboxylic acids is 3. The number of carbonyl (C=O) groups is 17. The highest BCUT2D eigenvalue weighted by atomic mass is 32.1. The van der Waals surface area contributed by atoms with E-state index in [0.29, 0.717) is 133 Å². The first-order valence-corrected chi connectivity index (χ1v) is 49.5. The van der Waals surface area contributed by atoms with E-state index >= 15 is 0 Å². The summed E-state index contributed by atoms with van der Waals surface area (Å²) in [7, 11) is 0. The predicted molar refractivity (Wildman–Crippen MR) is 518 cm³/mol. The fourth-order valence-corrected chi connectivity index (χ4v) is 12.4. The van der Waals surface area contributed by atoms with Gasteiger partial charge in [0.05, 0.1) is 74.8 Å². The van der Waals surface area contributed by atoms with E-state index in [9.17, 15) is 86.6 Å². The second-order valence-corrected chi connectivity index (χ2v) is 37.4. The third-order valence-electron chi connectivity index (χ3n) is 18.9. The maximum absolute atomic E-state index is 12.9. The number of aliphatic carboxylic acids is 3. The van der Waals surface area contributed by atoms with Crippen LogP contribution in [0.2, 0.25) is 0 Å². The molecule has 3 aromatic heterocycles. The van der Waals surface area contributed by atoms with Crippen molar-refractivity contribution in [3.05, 3.63) is 12.2 Å². The van der Waals surface area contributed by atoms with Crippen LogP contribution in [0.4, 0.5) is 17.5 Å². The first kappa shape index (κ1) is 131. The molecule has 6 rings (SSSR count). The SMILES string of the molecule is CC(C)(C)NC[C@H](O)COc1nsnc1N1CCOCC1.CCCC(=O)O[C@@H](C)C(=O)O[C@@H](C)C(=O)O[C@@H](C)C(=O)O[C@@H](C)C(=O)O[C@@H](CNC(C)(C)C)COc1nsnc1N1CCOCC1.CCCC(=O)O[C@@H](C)C(=O)O[C@@H](C)C(=O)O[C@@H](C)C(=O)O[C@@H](C)C(=O)O[C@@H](CNC(C)(C)C)COc1nsnc1N1CCOCC1.CCCC(=O)O[C@@H](C)C(=O)O[C@H](C)C(=O)O[C@H](C)C(=O)O[C@H](C)C(=O)O.O=C(O)/C=C\C(=O)O. The first-order chi connectivity index (χ1) is 68.8. The van der Waals surface area contributed by atoms with Gasteiger partial charge in [-0.25, -0.2) is 67.1 Å². The van der Waals surface area contributed by atoms with Crippen molar-refractivity contribution in [1.29, 1.82) is 0 Å². The van der Waals surface area contributed by atoms with E-state index in [1.807, 2.05) is 51.3 Å². The van der Waals surface area contributed by atoms with E-state index in [-0.39, 0.29) is 68.8 Å². The third-order valence-corrected chi connectivity index (χ3v) is 20.4. The molecule has 56 heteroatoms. The standard InChI is InChI=1S/2C29H46N4O12S.C16H24O10.C13H24N4O3S.C4H4O4/c2*1-9-10-22(34)41-17(2)25(35)42-18(3)26(36)43-19(4)27(37)44-20(5)28(38)45-21(15-30-29(6,7)8)16-40-24-23(31-46-32-24)33-11-13-39-14-12-33;1-6-7-12(17)23-9(3)14(20)25-11(5)16(22)26-10(4)15(21)24-8(2)13(18)19;1-13(2,3)14-8-10(18)9-20-12-11(15-21-16-12)17-4-6-19-7-5-17;5-3(6)1-2-4(7)8/h2*17-21,30H,9-16H2,1-8H3;8-11H,6-7H2,1-5H3,(H,18,19);10,14,18H,4-9H2,1-3H3;1-2H,(H,5,6)(H,7,8)/b;;;;2-1-/t2*17-,18-,19-,20-,21-;8-,9+,10-,11-;10-;/m0010./s1. The van der Waals surface area contributed by atoms with Crippen LogP contribution in [0.25, 0.3) is 0 Å². The number of hydrogen-bond donors (Lipinski definition) is 7. The Morgan fingerprint density at radius 2 is 0.517 bits per heavy atom. The summed E-state index contributed by atoms with van der Waals surface area (Å²) in [5.74, 6) is -13.4. The van der Waals surface area contributed by atoms with Gasteiger partial charge in [0.2, 0.25) is 17.5 Å². The molecule has 3 aliphatic heterocycles. The van der Waals surface area contributed by atoms with Gasteiger partial charge < -0.3 is 146 Å². The third kappa shape index (κ3) is 55.5. The molecule has 0 radical (unpaired) electrons. The van der Waals surface area contributed by atoms with Crippen molar-refractivity contribution in [3.8, 4) is 17.6 Å². The highest BCUT2D eigenvalue weighted by molar-refractivity contribution is 7.00. The molecule has 0 bridgehead atoms. The summed E-state index contributed by atoms with van der Waals surface area (Å²) in [5.41, 5.74) is -0.624. The highest BCUT2D eigenvalue weighted by Gasteiger charge is 2.38. The molecule has 3 fully saturated rings. The Morgan fingerprint density at radius 3 is 0.728 bits per heavy atom. The van der Waals surface area contributed by atoms with E-state index in [2.05, 4.69) is 72.6 Å². The van der Waals surface area contributed by atoms with Gasteiger partial charge in [-0.15, -0.1) is 13.1 Å². The molecule has 0 saturated carbocycles. The number of aliphatic hydroxyl groups is 1. The number of carboxylic acid groups (broad SMARTS) is 3. The summed E-state index contributed by atoms with van der Waals surface area (Å²) in [6.07, 6.45) is -15.3. The molecule has 832 valence electrons. The number of nitrogens with zero attached hydrogens (tertiary/aromatic N) is 9. The summed E-state index contributed by atoms with van der Waals surface area (Å²) in [5, 5.41) is 44.0. The number of aliphatic hydroxyl groups excluding tert-OH is 1. The van der Waals surface area contributed by atoms with Crippen LogP contribution in [0.15, 0.2) is 12.2 Å². The number of β-amino-alcohol motifs (C(OH)–C–C–N with tert-alkyl or cyclic N) is 1. The number of hydrogen-bond acceptors (Lipinski definition) is 53. The smallest absolute Gasteiger partial charge is 0.347 e. The maximum atomic E-state index is 12.9. The van der Waals surface area contributed by atoms with Crippen LogP contribution >= 0.6 is 35.2 Å². The van der Waals surface area contributed by atoms with Gasteiger partial charge in [-0.1, -0.05) is 20.8 Å². The minimum absolute atomic E-state index is 0.0257. The van der Waals surface area contributed by atoms with Gasteiger partial charge in [0, 0.05) is 107 Å². The number of anilines is 3. The van der Waals surface area contributed by atoms with Gasteiger partial charge in [0.15, 0.2) is 73.2 Å². The van der Waals surface area contributed by atoms with Gasteiger partial charge in [0.25, 0.3) is 17.6 Å². The number of carbonyl (C=O) groups excluding carboxylic acids is 14. The lowest BCUT2D eigenvalue weighted by Gasteiger charge is -2.28. The lowest BCUT2D eigenvalue weighted by Crippen LogP contribution is -2.45. The van der Waals surface area contributed by atoms with Crippen LogP contribution in [0.3, 0.4) is 0 Å². The molecule has 3 aromatic rings. The Labute approximate surface area is 864 Å². The number of nitrogens with one attached hydrogen (secondary N) is 3. The van der Waals surface area contributed by atoms with Gasteiger partial charge in [-0.05, 0) is 165 Å². The molecule has 147 heavy (non-hydrogen) atoms. The quantitative estimate of drug-likeness (QED) is 0.0239. The van der Waals surface area contributed by atoms with Crippen molar-refractivity contribution in [2.45, 2.75) is 313 Å². The van der Waals surface area contributed by atoms with Crippen LogP contribution in [0.1, 0.15) is 205 Å².